The zero-order valence-corrected chi connectivity index (χ0v) is 20.8. The first kappa shape index (κ1) is 25.5. The number of carbonyl (C=O) groups is 3. The Balaban J connectivity index is 1.42. The van der Waals surface area contributed by atoms with Crippen molar-refractivity contribution in [1.29, 1.82) is 0 Å². The molecule has 0 spiro atoms. The fraction of sp³-hybridized carbons (Fsp3) is 0.133. The van der Waals surface area contributed by atoms with Crippen LogP contribution in [0.4, 0.5) is 10.6 Å². The fourth-order valence-corrected chi connectivity index (χ4v) is 4.60. The number of carboxylic acids is 1. The number of pyridine rings is 1. The molecule has 39 heavy (non-hydrogen) atoms. The number of benzene rings is 3. The van der Waals surface area contributed by atoms with E-state index >= 15 is 0 Å². The monoisotopic (exact) mass is 522 g/mol. The minimum atomic E-state index is -1.07. The van der Waals surface area contributed by atoms with E-state index in [1.807, 2.05) is 60.7 Å². The number of anilines is 1. The molecule has 9 nitrogen and oxygen atoms in total. The largest absolute Gasteiger partial charge is 0.478 e. The van der Waals surface area contributed by atoms with Crippen molar-refractivity contribution in [3.8, 4) is 5.75 Å². The summed E-state index contributed by atoms with van der Waals surface area (Å²) in [5.74, 6) is -1.47. The molecule has 0 radical (unpaired) electrons. The van der Waals surface area contributed by atoms with Gasteiger partial charge >= 0.3 is 12.0 Å². The number of carboxylic acid groups (broad SMARTS) is 1. The molecular weight excluding hydrogens is 496 g/mol. The van der Waals surface area contributed by atoms with Crippen LogP contribution in [0.5, 0.6) is 5.75 Å². The molecule has 4 aromatic rings. The molecule has 196 valence electrons. The summed E-state index contributed by atoms with van der Waals surface area (Å²) in [5, 5.41) is 12.2. The highest BCUT2D eigenvalue weighted by Crippen LogP contribution is 2.34. The quantitative estimate of drug-likeness (QED) is 0.294. The zero-order chi connectivity index (χ0) is 27.4. The molecule has 3 amide bonds. The summed E-state index contributed by atoms with van der Waals surface area (Å²) in [6.45, 7) is 0. The molecule has 0 unspecified atom stereocenters. The van der Waals surface area contributed by atoms with Gasteiger partial charge in [-0.15, -0.1) is 0 Å². The normalized spacial score (nSPS) is 16.4. The number of imide groups is 1. The van der Waals surface area contributed by atoms with Crippen LogP contribution in [0.2, 0.25) is 0 Å². The van der Waals surface area contributed by atoms with Crippen LogP contribution in [-0.2, 0) is 11.2 Å². The number of nitrogens with one attached hydrogen (secondary N) is 1. The average molecular weight is 523 g/mol. The summed E-state index contributed by atoms with van der Waals surface area (Å²) in [4.78, 5) is 43.3. The molecule has 0 saturated carbocycles. The highest BCUT2D eigenvalue weighted by molar-refractivity contribution is 6.01. The first-order valence-corrected chi connectivity index (χ1v) is 12.3. The molecule has 1 saturated heterocycles. The SMILES string of the molecule is Nc1cc(C[C@H]2C(=O)N(C(=O)NC(c3ccccc3)c3ccccc3)[C@@H]2Oc2ccc(C(=O)O)cc2)ccn1. The van der Waals surface area contributed by atoms with Crippen molar-refractivity contribution >= 4 is 23.7 Å². The van der Waals surface area contributed by atoms with E-state index in [9.17, 15) is 19.5 Å². The third kappa shape index (κ3) is 5.57. The Hall–Kier alpha value is -5.18. The lowest BCUT2D eigenvalue weighted by atomic mass is 9.89. The minimum Gasteiger partial charge on any atom is -0.478 e. The Labute approximate surface area is 224 Å². The van der Waals surface area contributed by atoms with Gasteiger partial charge in [0, 0.05) is 6.20 Å². The summed E-state index contributed by atoms with van der Waals surface area (Å²) in [6.07, 6.45) is 0.923. The van der Waals surface area contributed by atoms with Crippen molar-refractivity contribution in [3.63, 3.8) is 0 Å². The third-order valence-corrected chi connectivity index (χ3v) is 6.56. The van der Waals surface area contributed by atoms with Gasteiger partial charge in [0.1, 0.15) is 11.6 Å². The van der Waals surface area contributed by atoms with E-state index in [0.717, 1.165) is 21.6 Å². The van der Waals surface area contributed by atoms with Gasteiger partial charge in [-0.3, -0.25) is 4.79 Å². The maximum atomic E-state index is 13.6. The number of amides is 3. The van der Waals surface area contributed by atoms with Crippen LogP contribution in [0.15, 0.2) is 103 Å². The standard InChI is InChI=1S/C30H26N4O5/c31-25-18-19(15-16-32-25)17-24-27(35)34(28(24)39-23-13-11-22(12-14-23)29(36)37)30(38)33-26(20-7-3-1-4-8-20)21-9-5-2-6-10-21/h1-16,18,24,26,28H,17H2,(H2,31,32)(H,33,38)(H,36,37)/t24-,28+/m0/s1. The summed E-state index contributed by atoms with van der Waals surface area (Å²) in [6, 6.07) is 27.1. The Morgan fingerprint density at radius 1 is 0.949 bits per heavy atom. The number of aromatic carboxylic acids is 1. The van der Waals surface area contributed by atoms with Gasteiger partial charge in [-0.2, -0.15) is 0 Å². The van der Waals surface area contributed by atoms with Crippen LogP contribution >= 0.6 is 0 Å². The number of likely N-dealkylation sites (tertiary alicyclic amines) is 1. The summed E-state index contributed by atoms with van der Waals surface area (Å²) in [5.41, 5.74) is 8.41. The number of nitrogens with zero attached hydrogens (tertiary/aromatic N) is 2. The predicted octanol–water partition coefficient (Wildman–Crippen LogP) is 4.27. The Bertz CT molecular complexity index is 1440. The summed E-state index contributed by atoms with van der Waals surface area (Å²) < 4.78 is 6.10. The first-order valence-electron chi connectivity index (χ1n) is 12.3. The van der Waals surface area contributed by atoms with E-state index in [4.69, 9.17) is 10.5 Å². The molecule has 2 heterocycles. The second-order valence-corrected chi connectivity index (χ2v) is 9.15. The van der Waals surface area contributed by atoms with Crippen molar-refractivity contribution in [2.24, 2.45) is 5.92 Å². The van der Waals surface area contributed by atoms with Gasteiger partial charge in [-0.1, -0.05) is 60.7 Å². The molecular formula is C30H26N4O5. The number of carbonyl (C=O) groups excluding carboxylic acids is 2. The second kappa shape index (κ2) is 11.1. The van der Waals surface area contributed by atoms with Crippen molar-refractivity contribution in [2.45, 2.75) is 18.7 Å². The van der Waals surface area contributed by atoms with E-state index in [1.54, 1.807) is 18.3 Å². The topological polar surface area (TPSA) is 135 Å². The van der Waals surface area contributed by atoms with Gasteiger partial charge in [-0.05, 0) is 59.5 Å². The lowest BCUT2D eigenvalue weighted by molar-refractivity contribution is -0.166. The van der Waals surface area contributed by atoms with E-state index in [1.165, 1.54) is 24.3 Å². The molecule has 0 aliphatic carbocycles. The number of nitrogens with two attached hydrogens (primary N) is 1. The number of β-lactam (4-membered cyclic amide) rings is 1. The van der Waals surface area contributed by atoms with Crippen molar-refractivity contribution in [1.82, 2.24) is 15.2 Å². The van der Waals surface area contributed by atoms with E-state index in [0.29, 0.717) is 11.6 Å². The second-order valence-electron chi connectivity index (χ2n) is 9.15. The molecule has 4 N–H and O–H groups in total. The molecule has 5 rings (SSSR count). The van der Waals surface area contributed by atoms with Crippen molar-refractivity contribution in [3.05, 3.63) is 126 Å². The Morgan fingerprint density at radius 2 is 1.56 bits per heavy atom. The van der Waals surface area contributed by atoms with Crippen LogP contribution in [0.25, 0.3) is 0 Å². The lowest BCUT2D eigenvalue weighted by Crippen LogP contribution is -2.68. The first-order chi connectivity index (χ1) is 18.9. The molecule has 1 aliphatic rings. The van der Waals surface area contributed by atoms with E-state index in [-0.39, 0.29) is 12.0 Å². The molecule has 2 atom stereocenters. The van der Waals surface area contributed by atoms with Crippen molar-refractivity contribution in [2.75, 3.05) is 5.73 Å². The number of rotatable bonds is 8. The van der Waals surface area contributed by atoms with Gasteiger partial charge in [-0.25, -0.2) is 19.5 Å². The van der Waals surface area contributed by atoms with Gasteiger partial charge in [0.15, 0.2) is 6.23 Å². The third-order valence-electron chi connectivity index (χ3n) is 6.56. The number of ether oxygens (including phenoxy) is 1. The molecule has 9 heteroatoms. The Kier molecular flexibility index (Phi) is 7.22. The lowest BCUT2D eigenvalue weighted by Gasteiger charge is -2.45. The maximum Gasteiger partial charge on any atom is 0.335 e. The minimum absolute atomic E-state index is 0.0963. The van der Waals surface area contributed by atoms with Crippen LogP contribution in [0.1, 0.15) is 33.1 Å². The zero-order valence-electron chi connectivity index (χ0n) is 20.8. The van der Waals surface area contributed by atoms with Gasteiger partial charge in [0.2, 0.25) is 5.91 Å². The maximum absolute atomic E-state index is 13.6. The number of urea groups is 1. The number of hydrogen-bond donors (Lipinski definition) is 3. The average Bonchev–Trinajstić information content (AvgIpc) is 2.95. The predicted molar refractivity (Wildman–Crippen MR) is 144 cm³/mol. The highest BCUT2D eigenvalue weighted by Gasteiger charge is 2.53. The van der Waals surface area contributed by atoms with Crippen LogP contribution in [0.3, 0.4) is 0 Å². The molecule has 1 fully saturated rings. The molecule has 1 aromatic heterocycles. The smallest absolute Gasteiger partial charge is 0.335 e. The van der Waals surface area contributed by atoms with Crippen LogP contribution in [-0.4, -0.2) is 39.1 Å². The van der Waals surface area contributed by atoms with E-state index in [2.05, 4.69) is 10.3 Å². The highest BCUT2D eigenvalue weighted by atomic mass is 16.5. The van der Waals surface area contributed by atoms with E-state index < -0.39 is 36.1 Å². The fourth-order valence-electron chi connectivity index (χ4n) is 4.60. The van der Waals surface area contributed by atoms with Crippen LogP contribution < -0.4 is 15.8 Å². The molecule has 1 aliphatic heterocycles. The number of aromatic nitrogens is 1. The van der Waals surface area contributed by atoms with Crippen LogP contribution in [0, 0.1) is 5.92 Å². The summed E-state index contributed by atoms with van der Waals surface area (Å²) >= 11 is 0. The van der Waals surface area contributed by atoms with Gasteiger partial charge < -0.3 is 20.9 Å². The molecule has 3 aromatic carbocycles. The number of nitrogen functional groups attached to an aromatic ring is 1. The van der Waals surface area contributed by atoms with Gasteiger partial charge in [0.05, 0.1) is 17.5 Å². The molecule has 0 bridgehead atoms. The van der Waals surface area contributed by atoms with Gasteiger partial charge in [0.25, 0.3) is 0 Å². The summed E-state index contributed by atoms with van der Waals surface area (Å²) in [7, 11) is 0. The van der Waals surface area contributed by atoms with Crippen molar-refractivity contribution < 1.29 is 24.2 Å². The Morgan fingerprint density at radius 3 is 2.13 bits per heavy atom. The number of hydrogen-bond acceptors (Lipinski definition) is 6.